The Morgan fingerprint density at radius 2 is 2.25 bits per heavy atom. The number of fused-ring (bicyclic) bond motifs is 1. The molecule has 1 aromatic carbocycles. The first-order valence-electron chi connectivity index (χ1n) is 6.02. The summed E-state index contributed by atoms with van der Waals surface area (Å²) in [7, 11) is -3.18. The maximum absolute atomic E-state index is 12.1. The second-order valence-corrected chi connectivity index (χ2v) is 6.58. The molecular formula is C13H12N2O4S. The maximum atomic E-state index is 12.1. The SMILES string of the molecule is Cc1nc2ccc(C(=O)NC3C=CS(=O)(=O)C3)cc2o1. The fourth-order valence-corrected chi connectivity index (χ4v) is 3.33. The lowest BCUT2D eigenvalue weighted by molar-refractivity contribution is 0.0947. The molecule has 1 N–H and O–H groups in total. The molecule has 1 aliphatic rings. The van der Waals surface area contributed by atoms with E-state index in [0.717, 1.165) is 5.41 Å². The van der Waals surface area contributed by atoms with Crippen LogP contribution in [0.3, 0.4) is 0 Å². The van der Waals surface area contributed by atoms with E-state index in [1.807, 2.05) is 0 Å². The smallest absolute Gasteiger partial charge is 0.251 e. The average molecular weight is 292 g/mol. The summed E-state index contributed by atoms with van der Waals surface area (Å²) in [5.74, 6) is 0.0950. The third-order valence-corrected chi connectivity index (χ3v) is 4.40. The summed E-state index contributed by atoms with van der Waals surface area (Å²) < 4.78 is 27.9. The summed E-state index contributed by atoms with van der Waals surface area (Å²) in [5, 5.41) is 3.78. The van der Waals surface area contributed by atoms with Crippen LogP contribution in [0, 0.1) is 6.92 Å². The van der Waals surface area contributed by atoms with Crippen LogP contribution in [0.5, 0.6) is 0 Å². The first-order valence-corrected chi connectivity index (χ1v) is 7.73. The molecule has 0 bridgehead atoms. The summed E-state index contributed by atoms with van der Waals surface area (Å²) in [4.78, 5) is 16.2. The van der Waals surface area contributed by atoms with E-state index in [1.54, 1.807) is 25.1 Å². The van der Waals surface area contributed by atoms with Crippen molar-refractivity contribution in [2.45, 2.75) is 13.0 Å². The minimum atomic E-state index is -3.18. The van der Waals surface area contributed by atoms with Gasteiger partial charge in [0.2, 0.25) is 0 Å². The van der Waals surface area contributed by atoms with Gasteiger partial charge >= 0.3 is 0 Å². The summed E-state index contributed by atoms with van der Waals surface area (Å²) in [5.41, 5.74) is 1.62. The van der Waals surface area contributed by atoms with Gasteiger partial charge in [0.1, 0.15) is 5.52 Å². The quantitative estimate of drug-likeness (QED) is 0.897. The van der Waals surface area contributed by atoms with Gasteiger partial charge < -0.3 is 9.73 Å². The molecule has 0 spiro atoms. The second kappa shape index (κ2) is 4.45. The maximum Gasteiger partial charge on any atom is 0.251 e. The topological polar surface area (TPSA) is 89.3 Å². The molecule has 3 rings (SSSR count). The van der Waals surface area contributed by atoms with Gasteiger partial charge in [-0.1, -0.05) is 0 Å². The van der Waals surface area contributed by atoms with Gasteiger partial charge in [-0.3, -0.25) is 4.79 Å². The normalized spacial score (nSPS) is 20.4. The van der Waals surface area contributed by atoms with E-state index < -0.39 is 15.9 Å². The number of carbonyl (C=O) groups excluding carboxylic acids is 1. The van der Waals surface area contributed by atoms with Gasteiger partial charge in [-0.25, -0.2) is 13.4 Å². The molecule has 6 nitrogen and oxygen atoms in total. The summed E-state index contributed by atoms with van der Waals surface area (Å²) in [6, 6.07) is 4.44. The Labute approximate surface area is 115 Å². The van der Waals surface area contributed by atoms with E-state index in [1.165, 1.54) is 6.08 Å². The number of benzene rings is 1. The van der Waals surface area contributed by atoms with E-state index in [-0.39, 0.29) is 11.7 Å². The molecule has 1 unspecified atom stereocenters. The molecule has 1 aliphatic heterocycles. The van der Waals surface area contributed by atoms with Crippen LogP contribution in [0.2, 0.25) is 0 Å². The zero-order valence-electron chi connectivity index (χ0n) is 10.7. The van der Waals surface area contributed by atoms with E-state index >= 15 is 0 Å². The highest BCUT2D eigenvalue weighted by Crippen LogP contribution is 2.17. The predicted octanol–water partition coefficient (Wildman–Crippen LogP) is 1.18. The molecule has 0 fully saturated rings. The number of hydrogen-bond acceptors (Lipinski definition) is 5. The van der Waals surface area contributed by atoms with Crippen LogP contribution in [0.4, 0.5) is 0 Å². The largest absolute Gasteiger partial charge is 0.441 e. The van der Waals surface area contributed by atoms with Crippen molar-refractivity contribution >= 4 is 26.8 Å². The van der Waals surface area contributed by atoms with Crippen molar-refractivity contribution in [2.24, 2.45) is 0 Å². The molecule has 2 heterocycles. The van der Waals surface area contributed by atoms with Crippen molar-refractivity contribution in [3.63, 3.8) is 0 Å². The highest BCUT2D eigenvalue weighted by atomic mass is 32.2. The standard InChI is InChI=1S/C13H12N2O4S/c1-8-14-11-3-2-9(6-12(11)19-8)13(16)15-10-4-5-20(17,18)7-10/h2-6,10H,7H2,1H3,(H,15,16). The third-order valence-electron chi connectivity index (χ3n) is 3.00. The predicted molar refractivity (Wildman–Crippen MR) is 72.9 cm³/mol. The minimum absolute atomic E-state index is 0.0948. The summed E-state index contributed by atoms with van der Waals surface area (Å²) >= 11 is 0. The number of sulfone groups is 1. The fourth-order valence-electron chi connectivity index (χ4n) is 2.10. The molecule has 1 atom stereocenters. The summed E-state index contributed by atoms with van der Waals surface area (Å²) in [6.45, 7) is 1.73. The molecule has 0 saturated carbocycles. The Hall–Kier alpha value is -2.15. The van der Waals surface area contributed by atoms with Crippen molar-refractivity contribution in [2.75, 3.05) is 5.75 Å². The van der Waals surface area contributed by atoms with E-state index in [2.05, 4.69) is 10.3 Å². The molecule has 7 heteroatoms. The average Bonchev–Trinajstić information content (AvgIpc) is 2.89. The van der Waals surface area contributed by atoms with Gasteiger partial charge in [-0.2, -0.15) is 0 Å². The van der Waals surface area contributed by atoms with Crippen molar-refractivity contribution < 1.29 is 17.6 Å². The highest BCUT2D eigenvalue weighted by molar-refractivity contribution is 7.94. The highest BCUT2D eigenvalue weighted by Gasteiger charge is 2.23. The Morgan fingerprint density at radius 3 is 2.95 bits per heavy atom. The molecule has 0 aliphatic carbocycles. The van der Waals surface area contributed by atoms with Crippen LogP contribution < -0.4 is 5.32 Å². The number of hydrogen-bond donors (Lipinski definition) is 1. The van der Waals surface area contributed by atoms with Gasteiger partial charge in [0.05, 0.1) is 11.8 Å². The number of nitrogens with zero attached hydrogens (tertiary/aromatic N) is 1. The van der Waals surface area contributed by atoms with Gasteiger partial charge in [0.25, 0.3) is 5.91 Å². The van der Waals surface area contributed by atoms with E-state index in [0.29, 0.717) is 22.6 Å². The molecule has 2 aromatic rings. The first-order chi connectivity index (χ1) is 9.43. The van der Waals surface area contributed by atoms with Crippen LogP contribution >= 0.6 is 0 Å². The Morgan fingerprint density at radius 1 is 1.45 bits per heavy atom. The van der Waals surface area contributed by atoms with E-state index in [9.17, 15) is 13.2 Å². The molecule has 0 saturated heterocycles. The van der Waals surface area contributed by atoms with Crippen molar-refractivity contribution in [1.29, 1.82) is 0 Å². The fraction of sp³-hybridized carbons (Fsp3) is 0.231. The zero-order chi connectivity index (χ0) is 14.3. The third kappa shape index (κ3) is 2.44. The molecule has 0 radical (unpaired) electrons. The number of nitrogens with one attached hydrogen (secondary N) is 1. The Kier molecular flexibility index (Phi) is 2.86. The van der Waals surface area contributed by atoms with Crippen LogP contribution in [0.15, 0.2) is 34.1 Å². The molecule has 1 amide bonds. The number of amides is 1. The van der Waals surface area contributed by atoms with Gasteiger partial charge in [0.15, 0.2) is 21.3 Å². The minimum Gasteiger partial charge on any atom is -0.441 e. The molecule has 1 aromatic heterocycles. The number of aromatic nitrogens is 1. The second-order valence-electron chi connectivity index (χ2n) is 4.65. The van der Waals surface area contributed by atoms with Crippen LogP contribution in [0.25, 0.3) is 11.1 Å². The number of aryl methyl sites for hydroxylation is 1. The monoisotopic (exact) mass is 292 g/mol. The van der Waals surface area contributed by atoms with Gasteiger partial charge in [0, 0.05) is 17.9 Å². The lowest BCUT2D eigenvalue weighted by atomic mass is 10.2. The molecule has 104 valence electrons. The van der Waals surface area contributed by atoms with Gasteiger partial charge in [-0.05, 0) is 24.3 Å². The van der Waals surface area contributed by atoms with E-state index in [4.69, 9.17) is 4.42 Å². The zero-order valence-corrected chi connectivity index (χ0v) is 11.5. The van der Waals surface area contributed by atoms with Gasteiger partial charge in [-0.15, -0.1) is 0 Å². The van der Waals surface area contributed by atoms with Crippen LogP contribution in [-0.2, 0) is 9.84 Å². The number of oxazole rings is 1. The Balaban J connectivity index is 1.80. The lowest BCUT2D eigenvalue weighted by Gasteiger charge is -2.09. The molecular weight excluding hydrogens is 280 g/mol. The summed E-state index contributed by atoms with van der Waals surface area (Å²) in [6.07, 6.45) is 1.48. The first kappa shape index (κ1) is 12.9. The van der Waals surface area contributed by atoms with Crippen molar-refractivity contribution in [3.8, 4) is 0 Å². The lowest BCUT2D eigenvalue weighted by Crippen LogP contribution is -2.35. The number of carbonyl (C=O) groups is 1. The van der Waals surface area contributed by atoms with Crippen LogP contribution in [0.1, 0.15) is 16.2 Å². The molecule has 20 heavy (non-hydrogen) atoms. The van der Waals surface area contributed by atoms with Crippen molar-refractivity contribution in [1.82, 2.24) is 10.3 Å². The van der Waals surface area contributed by atoms with Crippen LogP contribution in [-0.4, -0.2) is 31.1 Å². The van der Waals surface area contributed by atoms with Crippen molar-refractivity contribution in [3.05, 3.63) is 41.1 Å². The Bertz CT molecular complexity index is 820. The number of rotatable bonds is 2.